The Bertz CT molecular complexity index is 1200. The molecule has 1 aliphatic heterocycles. The number of benzene rings is 2. The van der Waals surface area contributed by atoms with Crippen LogP contribution in [-0.4, -0.2) is 42.2 Å². The SMILES string of the molecule is Cc1nccn1-c1ccc(NC(=O)[C@@H]2CCCN(Cc3ccc4nsnc4c3)C2)cc1. The number of nitrogens with zero attached hydrogens (tertiary/aromatic N) is 5. The fourth-order valence-electron chi connectivity index (χ4n) is 4.20. The van der Waals surface area contributed by atoms with Crippen LogP contribution < -0.4 is 5.32 Å². The van der Waals surface area contributed by atoms with Crippen LogP contribution in [0.5, 0.6) is 0 Å². The van der Waals surface area contributed by atoms with E-state index in [1.54, 1.807) is 6.20 Å². The second-order valence-electron chi connectivity index (χ2n) is 8.04. The van der Waals surface area contributed by atoms with Gasteiger partial charge in [0.05, 0.1) is 17.6 Å². The minimum atomic E-state index is -0.00556. The van der Waals surface area contributed by atoms with Crippen LogP contribution in [0.25, 0.3) is 16.7 Å². The van der Waals surface area contributed by atoms with Crippen molar-refractivity contribution in [2.75, 3.05) is 18.4 Å². The first kappa shape index (κ1) is 19.8. The fraction of sp³-hybridized carbons (Fsp3) is 0.304. The number of hydrogen-bond donors (Lipinski definition) is 1. The number of hydrogen-bond acceptors (Lipinski definition) is 6. The highest BCUT2D eigenvalue weighted by atomic mass is 32.1. The largest absolute Gasteiger partial charge is 0.326 e. The Morgan fingerprint density at radius 3 is 2.81 bits per heavy atom. The molecular weight excluding hydrogens is 408 g/mol. The topological polar surface area (TPSA) is 75.9 Å². The number of aryl methyl sites for hydroxylation is 1. The molecule has 1 fully saturated rings. The molecule has 5 rings (SSSR count). The van der Waals surface area contributed by atoms with Crippen molar-refractivity contribution in [3.05, 3.63) is 66.2 Å². The van der Waals surface area contributed by atoms with Gasteiger partial charge in [0.25, 0.3) is 0 Å². The van der Waals surface area contributed by atoms with Gasteiger partial charge in [0, 0.05) is 36.9 Å². The lowest BCUT2D eigenvalue weighted by Crippen LogP contribution is -2.40. The van der Waals surface area contributed by atoms with Crippen LogP contribution in [0.2, 0.25) is 0 Å². The number of nitrogens with one attached hydrogen (secondary N) is 1. The highest BCUT2D eigenvalue weighted by Gasteiger charge is 2.26. The molecule has 158 valence electrons. The predicted octanol–water partition coefficient (Wildman–Crippen LogP) is 4.04. The summed E-state index contributed by atoms with van der Waals surface area (Å²) in [7, 11) is 0. The third-order valence-electron chi connectivity index (χ3n) is 5.84. The van der Waals surface area contributed by atoms with E-state index < -0.39 is 0 Å². The Kier molecular flexibility index (Phi) is 5.48. The molecule has 1 aliphatic rings. The van der Waals surface area contributed by atoms with Gasteiger partial charge in [-0.1, -0.05) is 6.07 Å². The Morgan fingerprint density at radius 2 is 2.00 bits per heavy atom. The highest BCUT2D eigenvalue weighted by Crippen LogP contribution is 2.22. The molecule has 0 unspecified atom stereocenters. The van der Waals surface area contributed by atoms with Crippen molar-refractivity contribution >= 4 is 34.4 Å². The first-order chi connectivity index (χ1) is 15.2. The van der Waals surface area contributed by atoms with Gasteiger partial charge in [-0.05, 0) is 68.3 Å². The molecule has 2 aromatic heterocycles. The van der Waals surface area contributed by atoms with Crippen molar-refractivity contribution in [3.63, 3.8) is 0 Å². The molecular formula is C23H24N6OS. The van der Waals surface area contributed by atoms with Gasteiger partial charge >= 0.3 is 0 Å². The second kappa shape index (κ2) is 8.56. The molecule has 1 atom stereocenters. The zero-order valence-corrected chi connectivity index (χ0v) is 18.2. The number of fused-ring (bicyclic) bond motifs is 1. The summed E-state index contributed by atoms with van der Waals surface area (Å²) < 4.78 is 10.6. The van der Waals surface area contributed by atoms with Crippen LogP contribution in [0, 0.1) is 12.8 Å². The zero-order valence-electron chi connectivity index (χ0n) is 17.4. The molecule has 1 saturated heterocycles. The summed E-state index contributed by atoms with van der Waals surface area (Å²) in [6.07, 6.45) is 5.66. The van der Waals surface area contributed by atoms with Crippen molar-refractivity contribution in [1.29, 1.82) is 0 Å². The van der Waals surface area contributed by atoms with Gasteiger partial charge in [0.1, 0.15) is 16.9 Å². The first-order valence-corrected chi connectivity index (χ1v) is 11.2. The standard InChI is InChI=1S/C23H24N6OS/c1-16-24-10-12-29(16)20-7-5-19(6-8-20)25-23(30)18-3-2-11-28(15-18)14-17-4-9-21-22(13-17)27-31-26-21/h4-10,12-13,18H,2-3,11,14-15H2,1H3,(H,25,30)/t18-/m1/s1. The first-order valence-electron chi connectivity index (χ1n) is 10.5. The maximum absolute atomic E-state index is 12.9. The Labute approximate surface area is 185 Å². The van der Waals surface area contributed by atoms with Gasteiger partial charge in [-0.25, -0.2) is 4.98 Å². The van der Waals surface area contributed by atoms with Crippen LogP contribution in [0.3, 0.4) is 0 Å². The van der Waals surface area contributed by atoms with E-state index >= 15 is 0 Å². The lowest BCUT2D eigenvalue weighted by Gasteiger charge is -2.32. The van der Waals surface area contributed by atoms with Crippen LogP contribution >= 0.6 is 11.7 Å². The number of likely N-dealkylation sites (tertiary alicyclic amines) is 1. The van der Waals surface area contributed by atoms with E-state index in [-0.39, 0.29) is 11.8 Å². The van der Waals surface area contributed by atoms with E-state index in [1.807, 2.05) is 48.0 Å². The predicted molar refractivity (Wildman–Crippen MR) is 122 cm³/mol. The number of rotatable bonds is 5. The molecule has 0 aliphatic carbocycles. The summed E-state index contributed by atoms with van der Waals surface area (Å²) in [6.45, 7) is 4.58. The van der Waals surface area contributed by atoms with Gasteiger partial charge in [-0.3, -0.25) is 9.69 Å². The maximum atomic E-state index is 12.9. The lowest BCUT2D eigenvalue weighted by molar-refractivity contribution is -0.121. The number of aromatic nitrogens is 4. The average molecular weight is 433 g/mol. The van der Waals surface area contributed by atoms with Crippen molar-refractivity contribution in [3.8, 4) is 5.69 Å². The zero-order chi connectivity index (χ0) is 21.2. The Balaban J connectivity index is 1.20. The number of carbonyl (C=O) groups excluding carboxylic acids is 1. The van der Waals surface area contributed by atoms with Crippen molar-refractivity contribution in [1.82, 2.24) is 23.2 Å². The molecule has 8 heteroatoms. The summed E-state index contributed by atoms with van der Waals surface area (Å²) in [5, 5.41) is 3.10. The Hall–Kier alpha value is -3.10. The van der Waals surface area contributed by atoms with Gasteiger partial charge in [0.2, 0.25) is 5.91 Å². The van der Waals surface area contributed by atoms with E-state index in [1.165, 1.54) is 17.3 Å². The van der Waals surface area contributed by atoms with Gasteiger partial charge in [-0.15, -0.1) is 0 Å². The Morgan fingerprint density at radius 1 is 1.16 bits per heavy atom. The summed E-state index contributed by atoms with van der Waals surface area (Å²) >= 11 is 1.24. The summed E-state index contributed by atoms with van der Waals surface area (Å²) in [6, 6.07) is 14.1. The highest BCUT2D eigenvalue weighted by molar-refractivity contribution is 7.00. The van der Waals surface area contributed by atoms with Crippen LogP contribution in [0.1, 0.15) is 24.2 Å². The number of imidazole rings is 1. The van der Waals surface area contributed by atoms with Gasteiger partial charge in [-0.2, -0.15) is 8.75 Å². The lowest BCUT2D eigenvalue weighted by atomic mass is 9.96. The third-order valence-corrected chi connectivity index (χ3v) is 6.40. The minimum Gasteiger partial charge on any atom is -0.326 e. The smallest absolute Gasteiger partial charge is 0.228 e. The van der Waals surface area contributed by atoms with Crippen LogP contribution in [0.4, 0.5) is 5.69 Å². The fourth-order valence-corrected chi connectivity index (χ4v) is 4.72. The second-order valence-corrected chi connectivity index (χ2v) is 8.57. The molecule has 1 N–H and O–H groups in total. The van der Waals surface area contributed by atoms with E-state index in [0.717, 1.165) is 60.7 Å². The number of anilines is 1. The van der Waals surface area contributed by atoms with Gasteiger partial charge in [0.15, 0.2) is 0 Å². The van der Waals surface area contributed by atoms with E-state index in [2.05, 4.69) is 36.1 Å². The summed E-state index contributed by atoms with van der Waals surface area (Å²) in [5.74, 6) is 1.02. The normalized spacial score (nSPS) is 17.1. The van der Waals surface area contributed by atoms with Crippen molar-refractivity contribution < 1.29 is 4.79 Å². The molecule has 3 heterocycles. The summed E-state index contributed by atoms with van der Waals surface area (Å²) in [4.78, 5) is 19.5. The molecule has 4 aromatic rings. The number of amides is 1. The average Bonchev–Trinajstić information content (AvgIpc) is 3.43. The molecule has 31 heavy (non-hydrogen) atoms. The van der Waals surface area contributed by atoms with E-state index in [9.17, 15) is 4.79 Å². The van der Waals surface area contributed by atoms with Gasteiger partial charge < -0.3 is 9.88 Å². The van der Waals surface area contributed by atoms with Crippen LogP contribution in [-0.2, 0) is 11.3 Å². The quantitative estimate of drug-likeness (QED) is 0.515. The molecule has 0 bridgehead atoms. The molecule has 0 radical (unpaired) electrons. The van der Waals surface area contributed by atoms with Crippen molar-refractivity contribution in [2.24, 2.45) is 5.92 Å². The van der Waals surface area contributed by atoms with Crippen LogP contribution in [0.15, 0.2) is 54.9 Å². The van der Waals surface area contributed by atoms with Crippen molar-refractivity contribution in [2.45, 2.75) is 26.3 Å². The maximum Gasteiger partial charge on any atom is 0.228 e. The van der Waals surface area contributed by atoms with E-state index in [0.29, 0.717) is 0 Å². The monoisotopic (exact) mass is 432 g/mol. The summed E-state index contributed by atoms with van der Waals surface area (Å²) in [5.41, 5.74) is 4.96. The molecule has 0 spiro atoms. The number of piperidine rings is 1. The third kappa shape index (κ3) is 4.35. The van der Waals surface area contributed by atoms with E-state index in [4.69, 9.17) is 0 Å². The molecule has 1 amide bonds. The minimum absolute atomic E-state index is 0.00556. The number of carbonyl (C=O) groups is 1. The molecule has 0 saturated carbocycles. The molecule has 2 aromatic carbocycles. The molecule has 7 nitrogen and oxygen atoms in total.